The Morgan fingerprint density at radius 3 is 2.78 bits per heavy atom. The monoisotopic (exact) mass is 247 g/mol. The van der Waals surface area contributed by atoms with Crippen molar-refractivity contribution in [3.63, 3.8) is 0 Å². The van der Waals surface area contributed by atoms with Gasteiger partial charge in [0.05, 0.1) is 23.0 Å². The Morgan fingerprint density at radius 2 is 2.28 bits per heavy atom. The molecule has 1 aromatic rings. The number of carbonyl (C=O) groups is 1. The quantitative estimate of drug-likeness (QED) is 0.436. The van der Waals surface area contributed by atoms with Gasteiger partial charge < -0.3 is 4.90 Å². The molecule has 18 heavy (non-hydrogen) atoms. The van der Waals surface area contributed by atoms with Gasteiger partial charge in [0.1, 0.15) is 0 Å². The number of hydrogen-bond acceptors (Lipinski definition) is 5. The molecule has 0 aliphatic rings. The molecule has 0 spiro atoms. The van der Waals surface area contributed by atoms with E-state index in [0.717, 1.165) is 0 Å². The second kappa shape index (κ2) is 6.35. The van der Waals surface area contributed by atoms with E-state index in [2.05, 4.69) is 0 Å². The van der Waals surface area contributed by atoms with E-state index in [4.69, 9.17) is 5.26 Å². The minimum Gasteiger partial charge on any atom is -0.371 e. The normalized spacial score (nSPS) is 9.56. The van der Waals surface area contributed by atoms with Gasteiger partial charge in [-0.15, -0.1) is 0 Å². The molecule has 0 aliphatic heterocycles. The molecule has 0 amide bonds. The van der Waals surface area contributed by atoms with Crippen LogP contribution >= 0.6 is 0 Å². The van der Waals surface area contributed by atoms with E-state index in [1.165, 1.54) is 12.1 Å². The molecule has 0 fully saturated rings. The summed E-state index contributed by atoms with van der Waals surface area (Å²) in [5, 5.41) is 19.2. The number of nitro groups is 1. The van der Waals surface area contributed by atoms with Crippen LogP contribution in [0.5, 0.6) is 0 Å². The van der Waals surface area contributed by atoms with E-state index in [0.29, 0.717) is 31.5 Å². The lowest BCUT2D eigenvalue weighted by atomic mass is 10.1. The van der Waals surface area contributed by atoms with E-state index < -0.39 is 4.92 Å². The molecular formula is C12H13N3O3. The van der Waals surface area contributed by atoms with Gasteiger partial charge in [0.25, 0.3) is 5.69 Å². The molecule has 0 unspecified atom stereocenters. The second-order valence-corrected chi connectivity index (χ2v) is 3.61. The Hall–Kier alpha value is -2.42. The summed E-state index contributed by atoms with van der Waals surface area (Å²) in [6.07, 6.45) is 0.834. The molecule has 94 valence electrons. The van der Waals surface area contributed by atoms with Crippen molar-refractivity contribution in [2.24, 2.45) is 0 Å². The molecule has 0 radical (unpaired) electrons. The Morgan fingerprint density at radius 1 is 1.56 bits per heavy atom. The Bertz CT molecular complexity index is 494. The molecule has 0 N–H and O–H groups in total. The molecule has 0 saturated heterocycles. The Balaban J connectivity index is 3.07. The third-order valence-corrected chi connectivity index (χ3v) is 2.58. The van der Waals surface area contributed by atoms with Crippen LogP contribution in [0, 0.1) is 21.4 Å². The van der Waals surface area contributed by atoms with Crippen LogP contribution in [-0.2, 0) is 0 Å². The number of rotatable bonds is 6. The third kappa shape index (κ3) is 3.04. The fourth-order valence-corrected chi connectivity index (χ4v) is 1.65. The van der Waals surface area contributed by atoms with Gasteiger partial charge in [-0.1, -0.05) is 0 Å². The number of aldehydes is 1. The van der Waals surface area contributed by atoms with Gasteiger partial charge in [-0.05, 0) is 19.1 Å². The van der Waals surface area contributed by atoms with Gasteiger partial charge in [-0.25, -0.2) is 0 Å². The zero-order valence-corrected chi connectivity index (χ0v) is 10.00. The molecule has 1 aromatic carbocycles. The maximum absolute atomic E-state index is 10.8. The van der Waals surface area contributed by atoms with Crippen LogP contribution in [-0.4, -0.2) is 24.3 Å². The van der Waals surface area contributed by atoms with Gasteiger partial charge in [-0.3, -0.25) is 14.9 Å². The van der Waals surface area contributed by atoms with Crippen LogP contribution in [0.3, 0.4) is 0 Å². The Labute approximate surface area is 105 Å². The molecule has 1 rings (SSSR count). The van der Waals surface area contributed by atoms with Crippen molar-refractivity contribution in [1.82, 2.24) is 0 Å². The second-order valence-electron chi connectivity index (χ2n) is 3.61. The first-order valence-corrected chi connectivity index (χ1v) is 5.49. The zero-order valence-electron chi connectivity index (χ0n) is 10.00. The molecule has 0 aliphatic carbocycles. The van der Waals surface area contributed by atoms with Crippen molar-refractivity contribution in [2.45, 2.75) is 13.3 Å². The maximum Gasteiger partial charge on any atom is 0.280 e. The summed E-state index contributed by atoms with van der Waals surface area (Å²) in [5.41, 5.74) is 0.554. The van der Waals surface area contributed by atoms with Crippen molar-refractivity contribution >= 4 is 17.7 Å². The van der Waals surface area contributed by atoms with Crippen LogP contribution in [0.2, 0.25) is 0 Å². The standard InChI is InChI=1S/C12H13N3O3/c1-2-14(7-3-6-13)11-4-5-12(15(17)18)10(8-11)9-16/h4-5,8-9H,2-3,7H2,1H3. The van der Waals surface area contributed by atoms with Crippen molar-refractivity contribution in [2.75, 3.05) is 18.0 Å². The summed E-state index contributed by atoms with van der Waals surface area (Å²) in [7, 11) is 0. The fraction of sp³-hybridized carbons (Fsp3) is 0.333. The van der Waals surface area contributed by atoms with E-state index in [9.17, 15) is 14.9 Å². The van der Waals surface area contributed by atoms with Gasteiger partial charge >= 0.3 is 0 Å². The highest BCUT2D eigenvalue weighted by molar-refractivity contribution is 5.83. The lowest BCUT2D eigenvalue weighted by Crippen LogP contribution is -2.23. The first-order chi connectivity index (χ1) is 8.63. The summed E-state index contributed by atoms with van der Waals surface area (Å²) in [5.74, 6) is 0. The molecule has 6 heteroatoms. The van der Waals surface area contributed by atoms with Crippen LogP contribution in [0.15, 0.2) is 18.2 Å². The molecule has 0 heterocycles. The van der Waals surface area contributed by atoms with Crippen molar-refractivity contribution in [3.05, 3.63) is 33.9 Å². The number of hydrogen-bond donors (Lipinski definition) is 0. The summed E-state index contributed by atoms with van der Waals surface area (Å²) in [6, 6.07) is 6.42. The van der Waals surface area contributed by atoms with E-state index in [1.54, 1.807) is 6.07 Å². The van der Waals surface area contributed by atoms with Gasteiger partial charge in [-0.2, -0.15) is 5.26 Å². The topological polar surface area (TPSA) is 87.2 Å². The molecule has 0 atom stereocenters. The molecule has 0 saturated carbocycles. The van der Waals surface area contributed by atoms with Crippen molar-refractivity contribution in [3.8, 4) is 6.07 Å². The van der Waals surface area contributed by atoms with E-state index in [1.807, 2.05) is 17.9 Å². The third-order valence-electron chi connectivity index (χ3n) is 2.58. The lowest BCUT2D eigenvalue weighted by molar-refractivity contribution is -0.385. The molecule has 0 aromatic heterocycles. The summed E-state index contributed by atoms with van der Waals surface area (Å²) < 4.78 is 0. The number of nitro benzene ring substituents is 1. The highest BCUT2D eigenvalue weighted by atomic mass is 16.6. The van der Waals surface area contributed by atoms with Crippen molar-refractivity contribution in [1.29, 1.82) is 5.26 Å². The summed E-state index contributed by atoms with van der Waals surface area (Å²) >= 11 is 0. The molecule has 6 nitrogen and oxygen atoms in total. The number of nitriles is 1. The highest BCUT2D eigenvalue weighted by Gasteiger charge is 2.15. The van der Waals surface area contributed by atoms with Crippen LogP contribution < -0.4 is 4.90 Å². The number of nitrogens with zero attached hydrogens (tertiary/aromatic N) is 3. The highest BCUT2D eigenvalue weighted by Crippen LogP contribution is 2.23. The van der Waals surface area contributed by atoms with Gasteiger partial charge in [0, 0.05) is 24.8 Å². The predicted molar refractivity (Wildman–Crippen MR) is 66.6 cm³/mol. The van der Waals surface area contributed by atoms with Crippen LogP contribution in [0.1, 0.15) is 23.7 Å². The zero-order chi connectivity index (χ0) is 13.5. The number of benzene rings is 1. The largest absolute Gasteiger partial charge is 0.371 e. The molecule has 0 bridgehead atoms. The van der Waals surface area contributed by atoms with Crippen LogP contribution in [0.4, 0.5) is 11.4 Å². The fourth-order valence-electron chi connectivity index (χ4n) is 1.65. The first-order valence-electron chi connectivity index (χ1n) is 5.49. The minimum atomic E-state index is -0.584. The van der Waals surface area contributed by atoms with Crippen molar-refractivity contribution < 1.29 is 9.72 Å². The number of anilines is 1. The Kier molecular flexibility index (Phi) is 4.81. The van der Waals surface area contributed by atoms with Gasteiger partial charge in [0.2, 0.25) is 0 Å². The average Bonchev–Trinajstić information content (AvgIpc) is 2.39. The SMILES string of the molecule is CCN(CCC#N)c1ccc([N+](=O)[O-])c(C=O)c1. The average molecular weight is 247 g/mol. The lowest BCUT2D eigenvalue weighted by Gasteiger charge is -2.21. The van der Waals surface area contributed by atoms with E-state index in [-0.39, 0.29) is 11.3 Å². The summed E-state index contributed by atoms with van der Waals surface area (Å²) in [4.78, 5) is 22.8. The van der Waals surface area contributed by atoms with Crippen LogP contribution in [0.25, 0.3) is 0 Å². The number of carbonyl (C=O) groups excluding carboxylic acids is 1. The van der Waals surface area contributed by atoms with E-state index >= 15 is 0 Å². The first kappa shape index (κ1) is 13.6. The summed E-state index contributed by atoms with van der Waals surface area (Å²) in [6.45, 7) is 3.11. The minimum absolute atomic E-state index is 0.0490. The predicted octanol–water partition coefficient (Wildman–Crippen LogP) is 2.15. The van der Waals surface area contributed by atoms with Gasteiger partial charge in [0.15, 0.2) is 6.29 Å². The molecular weight excluding hydrogens is 234 g/mol. The smallest absolute Gasteiger partial charge is 0.280 e. The maximum atomic E-state index is 10.8.